The molecule has 0 aliphatic heterocycles. The number of pyridine rings is 6. The van der Waals surface area contributed by atoms with E-state index in [0.29, 0.717) is 0 Å². The molecule has 0 spiro atoms. The van der Waals surface area contributed by atoms with Gasteiger partial charge in [-0.2, -0.15) is 0 Å². The number of para-hydroxylation sites is 3. The van der Waals surface area contributed by atoms with Gasteiger partial charge in [0.15, 0.2) is 28.6 Å². The largest absolute Gasteiger partial charge is 0.309 e. The molecule has 11 nitrogen and oxygen atoms in total. The number of hydrogen-bond donors (Lipinski definition) is 0. The number of hydrogen-bond acceptors (Lipinski definition) is 10. The van der Waals surface area contributed by atoms with Crippen LogP contribution in [0, 0.1) is 0 Å². The van der Waals surface area contributed by atoms with Gasteiger partial charge in [-0.1, -0.05) is 491 Å². The van der Waals surface area contributed by atoms with Crippen molar-refractivity contribution in [3.63, 3.8) is 0 Å². The fourth-order valence-corrected chi connectivity index (χ4v) is 31.0. The summed E-state index contributed by atoms with van der Waals surface area (Å²) in [4.78, 5) is 29.9. The molecule has 7 aromatic heterocycles. The van der Waals surface area contributed by atoms with Crippen LogP contribution >= 0.6 is 28.6 Å². The summed E-state index contributed by atoms with van der Waals surface area (Å²) in [5, 5.41) is 23.1. The van der Waals surface area contributed by atoms with Gasteiger partial charge in [-0.3, -0.25) is 9.38 Å². The highest BCUT2D eigenvalue weighted by Crippen LogP contribution is 2.49. The molecular weight excluding hydrogens is 1870 g/mol. The number of nitrogens with zero attached hydrogens (tertiary/aromatic N) is 7. The minimum Gasteiger partial charge on any atom is -0.309 e. The maximum absolute atomic E-state index is 15.0. The highest BCUT2D eigenvalue weighted by molar-refractivity contribution is 7.86. The Hall–Kier alpha value is -17.6. The summed E-state index contributed by atoms with van der Waals surface area (Å²) in [5.74, 6) is 0. The Kier molecular flexibility index (Phi) is 24.7. The lowest BCUT2D eigenvalue weighted by molar-refractivity contribution is 0.591. The van der Waals surface area contributed by atoms with Crippen LogP contribution < -0.4 is 63.7 Å². The standard InChI is InChI=1S/C36H25N2OP.C35H24NOP.C31H21N2OP.C30H21N2OP/c39-40(30-12-6-2-7-13-30,31-14-8-3-9-15-31)32-22-18-27(19-23-32)34-25-21-29-17-16-28-20-24-33(26-10-4-1-5-11-26)37-35(28)36(29)38-34;37-38(27-12-3-1-4-13-27,28-14-5-2-6-15-28)29-22-19-26(20-23-29)34-32-18-10-9-17-31(32)33-24-21-25-11-7-8-16-30(25)35(33)36-34;34-35(22-11-3-1-4-12-22,23-13-5-2-6-14-23)24-19-20-26-27(21-24)25-15-7-9-17-29(25)33-30-18-10-8-16-28(30)32-31(26)33;33-34(25-9-3-1-4-10-25,26-11-5-2-6-12-26)27-18-15-22(16-19-27)28-20-17-24-14-13-23-8-7-21-31-29(23)30(24)32-28/h1-25H;1-24H;1-21H;1-21H. The molecule has 0 aliphatic rings. The molecule has 27 aromatic rings. The summed E-state index contributed by atoms with van der Waals surface area (Å²) in [6, 6.07) is 181. The van der Waals surface area contributed by atoms with E-state index in [1.807, 2.05) is 352 Å². The lowest BCUT2D eigenvalue weighted by atomic mass is 9.97. The van der Waals surface area contributed by atoms with Crippen molar-refractivity contribution >= 4 is 207 Å². The highest BCUT2D eigenvalue weighted by Gasteiger charge is 2.35. The van der Waals surface area contributed by atoms with Gasteiger partial charge >= 0.3 is 0 Å². The number of benzene rings is 20. The molecule has 27 rings (SSSR count). The summed E-state index contributed by atoms with van der Waals surface area (Å²) in [6.07, 6.45) is 1.80. The number of fused-ring (bicyclic) bond motifs is 19. The quantitative estimate of drug-likeness (QED) is 0.0676. The van der Waals surface area contributed by atoms with Crippen molar-refractivity contribution in [2.24, 2.45) is 0 Å². The van der Waals surface area contributed by atoms with Gasteiger partial charge in [-0.15, -0.1) is 0 Å². The van der Waals surface area contributed by atoms with Crippen LogP contribution in [0.1, 0.15) is 0 Å². The first-order chi connectivity index (χ1) is 72.4. The van der Waals surface area contributed by atoms with Crippen molar-refractivity contribution in [3.8, 4) is 45.0 Å². The summed E-state index contributed by atoms with van der Waals surface area (Å²) in [7, 11) is -12.1. The van der Waals surface area contributed by atoms with Crippen LogP contribution in [0.5, 0.6) is 0 Å². The molecule has 20 aromatic carbocycles. The Morgan fingerprint density at radius 2 is 0.469 bits per heavy atom. The third-order valence-corrected chi connectivity index (χ3v) is 40.0. The van der Waals surface area contributed by atoms with E-state index in [0.717, 1.165) is 212 Å². The summed E-state index contributed by atoms with van der Waals surface area (Å²) in [6.45, 7) is 0. The van der Waals surface area contributed by atoms with E-state index in [1.165, 1.54) is 10.8 Å². The van der Waals surface area contributed by atoms with E-state index in [-0.39, 0.29) is 0 Å². The maximum atomic E-state index is 15.0. The van der Waals surface area contributed by atoms with Gasteiger partial charge in [-0.05, 0) is 70.8 Å². The number of rotatable bonds is 16. The molecule has 0 N–H and O–H groups in total. The average molecular weight is 1960 g/mol. The molecule has 147 heavy (non-hydrogen) atoms. The SMILES string of the molecule is O=P(c1ccccc1)(c1ccccc1)c1ccc(-c2ccc3ccc4ccc(-c5ccccc5)nc4c3n2)cc1.O=P(c1ccccc1)(c1ccccc1)c1ccc(-c2ccc3ccc4cccnc4c3n2)cc1.O=P(c1ccccc1)(c1ccccc1)c1ccc(-c2nc3c4ccccc4ccc3c3ccccc23)cc1.O=P(c1ccccc1)(c1ccccc1)c1ccc2c(c1)c1ccccc1n1c3ccccc3nc21. The van der Waals surface area contributed by atoms with Crippen molar-refractivity contribution in [2.45, 2.75) is 0 Å². The van der Waals surface area contributed by atoms with Crippen molar-refractivity contribution in [1.82, 2.24) is 34.3 Å². The fourth-order valence-electron chi connectivity index (χ4n) is 20.4. The molecule has 0 saturated heterocycles. The highest BCUT2D eigenvalue weighted by atomic mass is 31.2. The molecule has 7 heterocycles. The molecule has 0 saturated carbocycles. The Bertz CT molecular complexity index is 9670. The van der Waals surface area contributed by atoms with Crippen LogP contribution in [-0.2, 0) is 18.3 Å². The summed E-state index contributed by atoms with van der Waals surface area (Å²) >= 11 is 0. The average Bonchev–Trinajstić information content (AvgIpc) is 1.56. The van der Waals surface area contributed by atoms with Crippen molar-refractivity contribution in [3.05, 3.63) is 552 Å². The second-order valence-electron chi connectivity index (χ2n) is 36.3. The van der Waals surface area contributed by atoms with E-state index in [2.05, 4.69) is 204 Å². The van der Waals surface area contributed by atoms with E-state index in [1.54, 1.807) is 6.20 Å². The van der Waals surface area contributed by atoms with Gasteiger partial charge in [0.2, 0.25) is 0 Å². The summed E-state index contributed by atoms with van der Waals surface area (Å²) < 4.78 is 61.3. The Morgan fingerprint density at radius 1 is 0.170 bits per heavy atom. The van der Waals surface area contributed by atoms with Gasteiger partial charge < -0.3 is 18.3 Å². The van der Waals surface area contributed by atoms with Crippen LogP contribution in [0.2, 0.25) is 0 Å². The lowest BCUT2D eigenvalue weighted by Crippen LogP contribution is -2.24. The monoisotopic (exact) mass is 1960 g/mol. The smallest absolute Gasteiger partial charge is 0.171 e. The zero-order chi connectivity index (χ0) is 98.8. The van der Waals surface area contributed by atoms with Crippen LogP contribution in [-0.4, -0.2) is 34.3 Å². The third kappa shape index (κ3) is 17.1. The molecule has 15 heteroatoms. The predicted molar refractivity (Wildman–Crippen MR) is 618 cm³/mol. The Labute approximate surface area is 850 Å². The number of aromatic nitrogens is 7. The minimum absolute atomic E-state index is 0.800. The van der Waals surface area contributed by atoms with Crippen molar-refractivity contribution < 1.29 is 18.3 Å². The maximum Gasteiger partial charge on any atom is 0.171 e. The normalized spacial score (nSPS) is 11.8. The van der Waals surface area contributed by atoms with E-state index >= 15 is 0 Å². The van der Waals surface area contributed by atoms with Gasteiger partial charge in [0, 0.05) is 141 Å². The van der Waals surface area contributed by atoms with E-state index in [4.69, 9.17) is 24.9 Å². The molecule has 698 valence electrons. The van der Waals surface area contributed by atoms with Gasteiger partial charge in [0.05, 0.1) is 66.9 Å². The fraction of sp³-hybridized carbons (Fsp3) is 0. The van der Waals surface area contributed by atoms with E-state index in [9.17, 15) is 18.3 Å². The zero-order valence-corrected chi connectivity index (χ0v) is 83.2. The molecule has 0 fully saturated rings. The van der Waals surface area contributed by atoms with Crippen molar-refractivity contribution in [1.29, 1.82) is 0 Å². The Morgan fingerprint density at radius 3 is 0.905 bits per heavy atom. The van der Waals surface area contributed by atoms with Crippen LogP contribution in [0.3, 0.4) is 0 Å². The van der Waals surface area contributed by atoms with Gasteiger partial charge in [-0.25, -0.2) is 24.9 Å². The lowest BCUT2D eigenvalue weighted by Gasteiger charge is -2.21. The summed E-state index contributed by atoms with van der Waals surface area (Å²) in [5.41, 5.74) is 16.2. The molecular formula is C132H91N7O4P4. The molecule has 0 radical (unpaired) electrons. The molecule has 0 unspecified atom stereocenters. The van der Waals surface area contributed by atoms with Gasteiger partial charge in [0.25, 0.3) is 0 Å². The van der Waals surface area contributed by atoms with Crippen LogP contribution in [0.25, 0.3) is 159 Å². The molecule has 0 amide bonds. The molecule has 0 atom stereocenters. The molecule has 0 aliphatic carbocycles. The Balaban J connectivity index is 0.000000105. The van der Waals surface area contributed by atoms with Crippen LogP contribution in [0.4, 0.5) is 0 Å². The second-order valence-corrected chi connectivity index (χ2v) is 47.4. The minimum atomic E-state index is -3.07. The third-order valence-electron chi connectivity index (χ3n) is 27.7. The predicted octanol–water partition coefficient (Wildman–Crippen LogP) is 28.1. The second kappa shape index (κ2) is 39.6. The number of imidazole rings is 1. The molecule has 0 bridgehead atoms. The first-order valence-corrected chi connectivity index (χ1v) is 55.8. The topological polar surface area (TPSA) is 150 Å². The van der Waals surface area contributed by atoms with Gasteiger partial charge in [0.1, 0.15) is 5.65 Å². The first kappa shape index (κ1) is 91.8. The van der Waals surface area contributed by atoms with Crippen LogP contribution in [0.15, 0.2) is 552 Å². The van der Waals surface area contributed by atoms with E-state index < -0.39 is 28.6 Å². The first-order valence-electron chi connectivity index (χ1n) is 48.9. The zero-order valence-electron chi connectivity index (χ0n) is 79.6. The van der Waals surface area contributed by atoms with Crippen molar-refractivity contribution in [2.75, 3.05) is 0 Å².